The van der Waals surface area contributed by atoms with Crippen molar-refractivity contribution < 1.29 is 28.2 Å². The minimum Gasteiger partial charge on any atom is -0.508 e. The third kappa shape index (κ3) is 3.31. The van der Waals surface area contributed by atoms with E-state index in [1.54, 1.807) is 13.8 Å². The van der Waals surface area contributed by atoms with Crippen LogP contribution in [0.4, 0.5) is 13.2 Å². The lowest BCUT2D eigenvalue weighted by Gasteiger charge is -2.32. The standard InChI is InChI=1S/C15H17F3N2O3/c1-9(2)7-11-8-14(23,15(16,17)18)20(19-11)13(22)10-3-5-12(21)6-4-10/h3-6,9,21,23H,7-8H2,1-2H3. The first-order valence-electron chi connectivity index (χ1n) is 7.03. The Labute approximate surface area is 131 Å². The maximum absolute atomic E-state index is 13.3. The van der Waals surface area contributed by atoms with Crippen molar-refractivity contribution in [3.8, 4) is 5.75 Å². The van der Waals surface area contributed by atoms with Gasteiger partial charge in [-0.15, -0.1) is 0 Å². The van der Waals surface area contributed by atoms with Gasteiger partial charge in [-0.25, -0.2) is 0 Å². The average Bonchev–Trinajstić information content (AvgIpc) is 2.75. The number of hydrazone groups is 1. The van der Waals surface area contributed by atoms with Crippen molar-refractivity contribution >= 4 is 11.6 Å². The van der Waals surface area contributed by atoms with Crippen LogP contribution in [0.5, 0.6) is 5.75 Å². The molecule has 1 aliphatic heterocycles. The molecule has 0 saturated heterocycles. The Morgan fingerprint density at radius 1 is 1.35 bits per heavy atom. The Hall–Kier alpha value is -2.09. The van der Waals surface area contributed by atoms with Gasteiger partial charge in [0.05, 0.1) is 0 Å². The van der Waals surface area contributed by atoms with Crippen LogP contribution in [0.15, 0.2) is 29.4 Å². The first-order chi connectivity index (χ1) is 10.5. The van der Waals surface area contributed by atoms with Crippen LogP contribution < -0.4 is 0 Å². The minimum absolute atomic E-state index is 0.0370. The van der Waals surface area contributed by atoms with E-state index in [0.29, 0.717) is 0 Å². The van der Waals surface area contributed by atoms with E-state index >= 15 is 0 Å². The van der Waals surface area contributed by atoms with Crippen LogP contribution in [0, 0.1) is 5.92 Å². The van der Waals surface area contributed by atoms with E-state index in [-0.39, 0.29) is 34.4 Å². The number of halogens is 3. The zero-order valence-corrected chi connectivity index (χ0v) is 12.6. The zero-order chi connectivity index (χ0) is 17.4. The third-order valence-electron chi connectivity index (χ3n) is 3.45. The molecule has 1 atom stereocenters. The van der Waals surface area contributed by atoms with Gasteiger partial charge in [-0.05, 0) is 36.6 Å². The third-order valence-corrected chi connectivity index (χ3v) is 3.45. The number of carbonyl (C=O) groups is 1. The second-order valence-electron chi connectivity index (χ2n) is 5.92. The Balaban J connectivity index is 2.39. The van der Waals surface area contributed by atoms with Gasteiger partial charge in [0.15, 0.2) is 0 Å². The van der Waals surface area contributed by atoms with E-state index < -0.39 is 24.2 Å². The molecule has 8 heteroatoms. The lowest BCUT2D eigenvalue weighted by Crippen LogP contribution is -2.56. The topological polar surface area (TPSA) is 73.1 Å². The van der Waals surface area contributed by atoms with Crippen LogP contribution >= 0.6 is 0 Å². The number of carbonyl (C=O) groups excluding carboxylic acids is 1. The van der Waals surface area contributed by atoms with Gasteiger partial charge < -0.3 is 10.2 Å². The fourth-order valence-corrected chi connectivity index (χ4v) is 2.36. The molecule has 1 aromatic rings. The molecule has 2 rings (SSSR count). The molecule has 0 saturated carbocycles. The molecule has 5 nitrogen and oxygen atoms in total. The Kier molecular flexibility index (Phi) is 4.39. The predicted molar refractivity (Wildman–Crippen MR) is 76.8 cm³/mol. The molecule has 0 aliphatic carbocycles. The van der Waals surface area contributed by atoms with Crippen LogP contribution in [-0.2, 0) is 0 Å². The number of rotatable bonds is 3. The van der Waals surface area contributed by atoms with E-state index in [1.165, 1.54) is 24.3 Å². The number of alkyl halides is 3. The number of amides is 1. The van der Waals surface area contributed by atoms with Crippen molar-refractivity contribution in [2.24, 2.45) is 11.0 Å². The number of aromatic hydroxyl groups is 1. The second kappa shape index (κ2) is 5.84. The summed E-state index contributed by atoms with van der Waals surface area (Å²) in [5.74, 6) is -1.17. The summed E-state index contributed by atoms with van der Waals surface area (Å²) in [6.45, 7) is 3.61. The molecule has 0 radical (unpaired) electrons. The Morgan fingerprint density at radius 2 is 1.91 bits per heavy atom. The molecule has 1 aromatic carbocycles. The van der Waals surface area contributed by atoms with E-state index in [1.807, 2.05) is 0 Å². The Morgan fingerprint density at radius 3 is 2.39 bits per heavy atom. The molecule has 2 N–H and O–H groups in total. The molecule has 0 spiro atoms. The molecule has 23 heavy (non-hydrogen) atoms. The van der Waals surface area contributed by atoms with E-state index in [4.69, 9.17) is 0 Å². The highest BCUT2D eigenvalue weighted by atomic mass is 19.4. The van der Waals surface area contributed by atoms with Gasteiger partial charge in [0, 0.05) is 17.7 Å². The monoisotopic (exact) mass is 330 g/mol. The highest BCUT2D eigenvalue weighted by Crippen LogP contribution is 2.41. The molecule has 1 aliphatic rings. The summed E-state index contributed by atoms with van der Waals surface area (Å²) >= 11 is 0. The number of nitrogens with zero attached hydrogens (tertiary/aromatic N) is 2. The van der Waals surface area contributed by atoms with Gasteiger partial charge in [0.1, 0.15) is 5.75 Å². The highest BCUT2D eigenvalue weighted by Gasteiger charge is 2.63. The molecule has 1 heterocycles. The fraction of sp³-hybridized carbons (Fsp3) is 0.467. The van der Waals surface area contributed by atoms with Crippen molar-refractivity contribution in [3.63, 3.8) is 0 Å². The number of hydrogen-bond donors (Lipinski definition) is 2. The van der Waals surface area contributed by atoms with E-state index in [0.717, 1.165) is 0 Å². The molecule has 0 fully saturated rings. The highest BCUT2D eigenvalue weighted by molar-refractivity contribution is 5.98. The molecular weight excluding hydrogens is 313 g/mol. The minimum atomic E-state index is -5.04. The first-order valence-corrected chi connectivity index (χ1v) is 7.03. The summed E-state index contributed by atoms with van der Waals surface area (Å²) in [6.07, 6.45) is -5.56. The van der Waals surface area contributed by atoms with E-state index in [2.05, 4.69) is 5.10 Å². The summed E-state index contributed by atoms with van der Waals surface area (Å²) in [7, 11) is 0. The van der Waals surface area contributed by atoms with Crippen LogP contribution in [0.2, 0.25) is 0 Å². The van der Waals surface area contributed by atoms with Crippen LogP contribution in [-0.4, -0.2) is 38.7 Å². The van der Waals surface area contributed by atoms with Crippen molar-refractivity contribution in [2.45, 2.75) is 38.6 Å². The van der Waals surface area contributed by atoms with Gasteiger partial charge in [0.2, 0.25) is 0 Å². The number of benzene rings is 1. The Bertz CT molecular complexity index is 626. The van der Waals surface area contributed by atoms with Gasteiger partial charge in [-0.1, -0.05) is 13.8 Å². The number of aliphatic hydroxyl groups is 1. The van der Waals surface area contributed by atoms with Crippen molar-refractivity contribution in [2.75, 3.05) is 0 Å². The maximum atomic E-state index is 13.3. The van der Waals surface area contributed by atoms with Crippen LogP contribution in [0.1, 0.15) is 37.0 Å². The van der Waals surface area contributed by atoms with Crippen LogP contribution in [0.25, 0.3) is 0 Å². The van der Waals surface area contributed by atoms with Gasteiger partial charge in [-0.3, -0.25) is 4.79 Å². The second-order valence-corrected chi connectivity index (χ2v) is 5.92. The van der Waals surface area contributed by atoms with Crippen molar-refractivity contribution in [3.05, 3.63) is 29.8 Å². The number of phenols is 1. The maximum Gasteiger partial charge on any atom is 0.438 e. The largest absolute Gasteiger partial charge is 0.508 e. The molecule has 1 unspecified atom stereocenters. The molecule has 1 amide bonds. The van der Waals surface area contributed by atoms with Crippen molar-refractivity contribution in [1.29, 1.82) is 0 Å². The van der Waals surface area contributed by atoms with Gasteiger partial charge >= 0.3 is 6.18 Å². The number of phenolic OH excluding ortho intramolecular Hbond substituents is 1. The van der Waals surface area contributed by atoms with Crippen LogP contribution in [0.3, 0.4) is 0 Å². The quantitative estimate of drug-likeness (QED) is 0.895. The van der Waals surface area contributed by atoms with Gasteiger partial charge in [0.25, 0.3) is 11.6 Å². The fourth-order valence-electron chi connectivity index (χ4n) is 2.36. The average molecular weight is 330 g/mol. The zero-order valence-electron chi connectivity index (χ0n) is 12.6. The summed E-state index contributed by atoms with van der Waals surface area (Å²) in [4.78, 5) is 12.3. The molecule has 0 bridgehead atoms. The lowest BCUT2D eigenvalue weighted by atomic mass is 9.99. The smallest absolute Gasteiger partial charge is 0.438 e. The van der Waals surface area contributed by atoms with Gasteiger partial charge in [-0.2, -0.15) is 23.3 Å². The predicted octanol–water partition coefficient (Wildman–Crippen LogP) is 2.89. The lowest BCUT2D eigenvalue weighted by molar-refractivity contribution is -0.297. The number of hydrogen-bond acceptors (Lipinski definition) is 4. The van der Waals surface area contributed by atoms with Crippen molar-refractivity contribution in [1.82, 2.24) is 5.01 Å². The first kappa shape index (κ1) is 17.3. The summed E-state index contributed by atoms with van der Waals surface area (Å²) in [5, 5.41) is 23.1. The molecule has 0 aromatic heterocycles. The molecular formula is C15H17F3N2O3. The summed E-state index contributed by atoms with van der Waals surface area (Å²) in [6, 6.07) is 4.69. The summed E-state index contributed by atoms with van der Waals surface area (Å²) < 4.78 is 39.9. The van der Waals surface area contributed by atoms with E-state index in [9.17, 15) is 28.2 Å². The molecule has 126 valence electrons. The normalized spacial score (nSPS) is 21.7. The SMILES string of the molecule is CC(C)CC1=NN(C(=O)c2ccc(O)cc2)C(O)(C(F)(F)F)C1. The summed E-state index contributed by atoms with van der Waals surface area (Å²) in [5.41, 5.74) is -3.35.